The molecule has 26 heavy (non-hydrogen) atoms. The molecule has 1 aliphatic rings. The van der Waals surface area contributed by atoms with Crippen LogP contribution in [0.4, 0.5) is 0 Å². The Hall–Kier alpha value is -1.64. The van der Waals surface area contributed by atoms with Gasteiger partial charge in [0.25, 0.3) is 0 Å². The van der Waals surface area contributed by atoms with Crippen molar-refractivity contribution in [2.45, 2.75) is 64.0 Å². The number of hydrogen-bond donors (Lipinski definition) is 1. The topological polar surface area (TPSA) is 21.3 Å². The van der Waals surface area contributed by atoms with Crippen LogP contribution < -0.4 is 5.32 Å². The van der Waals surface area contributed by atoms with Crippen molar-refractivity contribution in [3.05, 3.63) is 71.3 Å². The number of ether oxygens (including phenoxy) is 1. The summed E-state index contributed by atoms with van der Waals surface area (Å²) in [5.74, 6) is 0. The standard InChI is InChI=1S/C24H33NO/c1-19-10-12-22(13-11-19)24(15-17-26-23(3,4)18-24)14-16-25-20(2)21-8-6-5-7-9-21/h5-13,20,25H,14-18H2,1-4H3/t20-,24+/m1/s1. The molecule has 0 aliphatic carbocycles. The van der Waals surface area contributed by atoms with Gasteiger partial charge in [-0.2, -0.15) is 0 Å². The number of rotatable bonds is 6. The van der Waals surface area contributed by atoms with E-state index in [1.165, 1.54) is 16.7 Å². The van der Waals surface area contributed by atoms with Gasteiger partial charge in [-0.3, -0.25) is 0 Å². The van der Waals surface area contributed by atoms with Gasteiger partial charge in [-0.1, -0.05) is 60.2 Å². The van der Waals surface area contributed by atoms with E-state index in [1.807, 2.05) is 0 Å². The first-order chi connectivity index (χ1) is 12.4. The minimum Gasteiger partial charge on any atom is -0.376 e. The third-order valence-electron chi connectivity index (χ3n) is 5.86. The van der Waals surface area contributed by atoms with Crippen LogP contribution in [0.1, 0.15) is 62.8 Å². The van der Waals surface area contributed by atoms with Crippen molar-refractivity contribution < 1.29 is 4.74 Å². The van der Waals surface area contributed by atoms with Gasteiger partial charge in [0.2, 0.25) is 0 Å². The second kappa shape index (κ2) is 7.94. The quantitative estimate of drug-likeness (QED) is 0.735. The molecule has 1 N–H and O–H groups in total. The summed E-state index contributed by atoms with van der Waals surface area (Å²) in [6.07, 6.45) is 3.31. The summed E-state index contributed by atoms with van der Waals surface area (Å²) >= 11 is 0. The third-order valence-corrected chi connectivity index (χ3v) is 5.86. The zero-order chi connectivity index (χ0) is 18.6. The maximum Gasteiger partial charge on any atom is 0.0635 e. The van der Waals surface area contributed by atoms with Gasteiger partial charge in [-0.05, 0) is 64.6 Å². The predicted octanol–water partition coefficient (Wildman–Crippen LogP) is 5.56. The molecule has 0 spiro atoms. The SMILES string of the molecule is Cc1ccc([C@@]2(CCN[C@H](C)c3ccccc3)CCOC(C)(C)C2)cc1. The second-order valence-electron chi connectivity index (χ2n) is 8.52. The maximum atomic E-state index is 6.04. The fourth-order valence-electron chi connectivity index (χ4n) is 4.38. The fraction of sp³-hybridized carbons (Fsp3) is 0.500. The molecule has 0 aromatic heterocycles. The highest BCUT2D eigenvalue weighted by molar-refractivity contribution is 5.30. The van der Waals surface area contributed by atoms with Crippen molar-refractivity contribution in [1.29, 1.82) is 0 Å². The van der Waals surface area contributed by atoms with Crippen molar-refractivity contribution in [3.63, 3.8) is 0 Å². The van der Waals surface area contributed by atoms with E-state index in [0.29, 0.717) is 6.04 Å². The Morgan fingerprint density at radius 2 is 1.73 bits per heavy atom. The van der Waals surface area contributed by atoms with Gasteiger partial charge in [0.05, 0.1) is 5.60 Å². The lowest BCUT2D eigenvalue weighted by Crippen LogP contribution is -2.45. The minimum atomic E-state index is -0.0613. The highest BCUT2D eigenvalue weighted by Gasteiger charge is 2.41. The van der Waals surface area contributed by atoms with Gasteiger partial charge >= 0.3 is 0 Å². The van der Waals surface area contributed by atoms with Gasteiger partial charge in [0.1, 0.15) is 0 Å². The van der Waals surface area contributed by atoms with E-state index in [0.717, 1.165) is 32.4 Å². The molecule has 0 bridgehead atoms. The first kappa shape index (κ1) is 19.1. The Kier molecular flexibility index (Phi) is 5.84. The molecule has 0 unspecified atom stereocenters. The average Bonchev–Trinajstić information content (AvgIpc) is 2.62. The Morgan fingerprint density at radius 1 is 1.04 bits per heavy atom. The molecule has 0 amide bonds. The highest BCUT2D eigenvalue weighted by Crippen LogP contribution is 2.44. The Balaban J connectivity index is 1.73. The van der Waals surface area contributed by atoms with Crippen molar-refractivity contribution >= 4 is 0 Å². The van der Waals surface area contributed by atoms with Crippen LogP contribution in [-0.4, -0.2) is 18.8 Å². The zero-order valence-corrected chi connectivity index (χ0v) is 16.7. The lowest BCUT2D eigenvalue weighted by Gasteiger charge is -2.46. The Bertz CT molecular complexity index is 692. The molecular weight excluding hydrogens is 318 g/mol. The normalized spacial score (nSPS) is 23.5. The van der Waals surface area contributed by atoms with Crippen LogP contribution in [0.25, 0.3) is 0 Å². The lowest BCUT2D eigenvalue weighted by molar-refractivity contribution is -0.0840. The molecule has 0 saturated carbocycles. The fourth-order valence-corrected chi connectivity index (χ4v) is 4.38. The van der Waals surface area contributed by atoms with E-state index < -0.39 is 0 Å². The molecule has 3 rings (SSSR count). The largest absolute Gasteiger partial charge is 0.376 e. The number of hydrogen-bond acceptors (Lipinski definition) is 2. The maximum absolute atomic E-state index is 6.04. The van der Waals surface area contributed by atoms with Gasteiger partial charge in [0.15, 0.2) is 0 Å². The molecule has 1 saturated heterocycles. The van der Waals surface area contributed by atoms with E-state index in [-0.39, 0.29) is 11.0 Å². The van der Waals surface area contributed by atoms with E-state index in [9.17, 15) is 0 Å². The third kappa shape index (κ3) is 4.55. The highest BCUT2D eigenvalue weighted by atomic mass is 16.5. The van der Waals surface area contributed by atoms with Crippen LogP contribution in [-0.2, 0) is 10.2 Å². The molecule has 2 heteroatoms. The number of nitrogens with one attached hydrogen (secondary N) is 1. The predicted molar refractivity (Wildman–Crippen MR) is 110 cm³/mol. The van der Waals surface area contributed by atoms with Crippen molar-refractivity contribution in [2.75, 3.05) is 13.2 Å². The number of benzene rings is 2. The summed E-state index contributed by atoms with van der Waals surface area (Å²) < 4.78 is 6.04. The molecule has 2 aromatic carbocycles. The summed E-state index contributed by atoms with van der Waals surface area (Å²) in [5, 5.41) is 3.74. The first-order valence-electron chi connectivity index (χ1n) is 9.90. The molecule has 1 heterocycles. The molecule has 140 valence electrons. The molecule has 1 aliphatic heterocycles. The summed E-state index contributed by atoms with van der Waals surface area (Å²) in [6, 6.07) is 20.2. The molecule has 1 fully saturated rings. The van der Waals surface area contributed by atoms with Crippen molar-refractivity contribution in [3.8, 4) is 0 Å². The molecule has 0 radical (unpaired) electrons. The van der Waals surface area contributed by atoms with E-state index in [4.69, 9.17) is 4.74 Å². The van der Waals surface area contributed by atoms with E-state index in [2.05, 4.69) is 87.6 Å². The van der Waals surface area contributed by atoms with E-state index >= 15 is 0 Å². The van der Waals surface area contributed by atoms with Gasteiger partial charge in [0, 0.05) is 18.1 Å². The Labute approximate surface area is 159 Å². The van der Waals surface area contributed by atoms with Crippen LogP contribution in [0.5, 0.6) is 0 Å². The monoisotopic (exact) mass is 351 g/mol. The molecular formula is C24H33NO. The summed E-state index contributed by atoms with van der Waals surface area (Å²) in [5.41, 5.74) is 4.27. The number of aryl methyl sites for hydroxylation is 1. The second-order valence-corrected chi connectivity index (χ2v) is 8.52. The average molecular weight is 352 g/mol. The van der Waals surface area contributed by atoms with Crippen molar-refractivity contribution in [1.82, 2.24) is 5.32 Å². The summed E-state index contributed by atoms with van der Waals surface area (Å²) in [4.78, 5) is 0. The van der Waals surface area contributed by atoms with Crippen molar-refractivity contribution in [2.24, 2.45) is 0 Å². The van der Waals surface area contributed by atoms with Crippen LogP contribution in [0.3, 0.4) is 0 Å². The lowest BCUT2D eigenvalue weighted by atomic mass is 9.67. The van der Waals surface area contributed by atoms with Crippen LogP contribution >= 0.6 is 0 Å². The summed E-state index contributed by atoms with van der Waals surface area (Å²) in [6.45, 7) is 10.7. The first-order valence-corrected chi connectivity index (χ1v) is 9.90. The smallest absolute Gasteiger partial charge is 0.0635 e. The molecule has 2 aromatic rings. The Morgan fingerprint density at radius 3 is 2.38 bits per heavy atom. The van der Waals surface area contributed by atoms with Gasteiger partial charge in [-0.15, -0.1) is 0 Å². The zero-order valence-electron chi connectivity index (χ0n) is 16.7. The van der Waals surface area contributed by atoms with Crippen LogP contribution in [0.15, 0.2) is 54.6 Å². The molecule has 2 atom stereocenters. The van der Waals surface area contributed by atoms with Crippen LogP contribution in [0.2, 0.25) is 0 Å². The van der Waals surface area contributed by atoms with Gasteiger partial charge in [-0.25, -0.2) is 0 Å². The van der Waals surface area contributed by atoms with E-state index in [1.54, 1.807) is 0 Å². The molecule has 2 nitrogen and oxygen atoms in total. The van der Waals surface area contributed by atoms with Gasteiger partial charge < -0.3 is 10.1 Å². The van der Waals surface area contributed by atoms with Crippen LogP contribution in [0, 0.1) is 6.92 Å². The minimum absolute atomic E-state index is 0.0613. The summed E-state index contributed by atoms with van der Waals surface area (Å²) in [7, 11) is 0.